The van der Waals surface area contributed by atoms with Crippen LogP contribution in [0.5, 0.6) is 5.75 Å². The zero-order chi connectivity index (χ0) is 21.3. The second-order valence-electron chi connectivity index (χ2n) is 7.13. The highest BCUT2D eigenvalue weighted by Crippen LogP contribution is 2.22. The van der Waals surface area contributed by atoms with Gasteiger partial charge in [0.05, 0.1) is 12.9 Å². The summed E-state index contributed by atoms with van der Waals surface area (Å²) < 4.78 is 9.57. The number of aryl methyl sites for hydroxylation is 1. The largest absolute Gasteiger partial charge is 0.491 e. The van der Waals surface area contributed by atoms with Gasteiger partial charge in [0.25, 0.3) is 5.56 Å². The first-order valence-electron chi connectivity index (χ1n) is 9.53. The molecule has 0 amide bonds. The summed E-state index contributed by atoms with van der Waals surface area (Å²) >= 11 is 0. The fourth-order valence-corrected chi connectivity index (χ4v) is 3.38. The minimum absolute atomic E-state index is 0.0520. The van der Waals surface area contributed by atoms with E-state index in [0.29, 0.717) is 5.75 Å². The second kappa shape index (κ2) is 8.00. The standard InChI is InChI=1S/C22H22N4O4/c1-24-20-19(21(28)25(2)22(24)29)26(14-23-20)12-17(27)13-30-18-10-8-16(9-11-18)15-6-4-3-5-7-15/h3-11,14,17,27H,12-13H2,1-2H3/t17-/m1/s1. The van der Waals surface area contributed by atoms with Crippen LogP contribution in [0, 0.1) is 0 Å². The lowest BCUT2D eigenvalue weighted by molar-refractivity contribution is 0.0934. The topological polar surface area (TPSA) is 91.3 Å². The number of ether oxygens (including phenoxy) is 1. The smallest absolute Gasteiger partial charge is 0.332 e. The Morgan fingerprint density at radius 2 is 1.63 bits per heavy atom. The molecule has 0 unspecified atom stereocenters. The Bertz CT molecular complexity index is 1290. The fraction of sp³-hybridized carbons (Fsp3) is 0.227. The van der Waals surface area contributed by atoms with Crippen LogP contribution in [0.15, 0.2) is 70.5 Å². The molecule has 0 saturated carbocycles. The Balaban J connectivity index is 1.45. The highest BCUT2D eigenvalue weighted by atomic mass is 16.5. The van der Waals surface area contributed by atoms with Gasteiger partial charge in [-0.05, 0) is 23.3 Å². The zero-order valence-corrected chi connectivity index (χ0v) is 16.7. The maximum atomic E-state index is 12.5. The summed E-state index contributed by atoms with van der Waals surface area (Å²) in [5.41, 5.74) is 1.86. The maximum Gasteiger partial charge on any atom is 0.332 e. The molecule has 1 N–H and O–H groups in total. The normalized spacial score (nSPS) is 12.2. The van der Waals surface area contributed by atoms with Crippen molar-refractivity contribution in [2.45, 2.75) is 12.6 Å². The van der Waals surface area contributed by atoms with Crippen LogP contribution in [0.25, 0.3) is 22.3 Å². The molecule has 2 heterocycles. The van der Waals surface area contributed by atoms with E-state index in [1.54, 1.807) is 11.6 Å². The summed E-state index contributed by atoms with van der Waals surface area (Å²) in [6.45, 7) is 0.169. The number of aliphatic hydroxyl groups excluding tert-OH is 1. The molecule has 2 aromatic heterocycles. The second-order valence-corrected chi connectivity index (χ2v) is 7.13. The number of aromatic nitrogens is 4. The quantitative estimate of drug-likeness (QED) is 0.525. The van der Waals surface area contributed by atoms with Crippen LogP contribution >= 0.6 is 0 Å². The number of aliphatic hydroxyl groups is 1. The molecule has 4 aromatic rings. The Morgan fingerprint density at radius 1 is 0.967 bits per heavy atom. The van der Waals surface area contributed by atoms with Gasteiger partial charge >= 0.3 is 5.69 Å². The lowest BCUT2D eigenvalue weighted by Crippen LogP contribution is -2.38. The van der Waals surface area contributed by atoms with Crippen LogP contribution < -0.4 is 16.0 Å². The lowest BCUT2D eigenvalue weighted by atomic mass is 10.1. The molecule has 0 aliphatic carbocycles. The average Bonchev–Trinajstić information content (AvgIpc) is 3.19. The van der Waals surface area contributed by atoms with Crippen molar-refractivity contribution in [3.63, 3.8) is 0 Å². The van der Waals surface area contributed by atoms with E-state index >= 15 is 0 Å². The van der Waals surface area contributed by atoms with Gasteiger partial charge in [0.15, 0.2) is 11.2 Å². The first-order chi connectivity index (χ1) is 14.5. The van der Waals surface area contributed by atoms with E-state index in [2.05, 4.69) is 4.98 Å². The number of hydrogen-bond acceptors (Lipinski definition) is 5. The van der Waals surface area contributed by atoms with Crippen molar-refractivity contribution in [1.29, 1.82) is 0 Å². The van der Waals surface area contributed by atoms with E-state index in [1.165, 1.54) is 17.9 Å². The van der Waals surface area contributed by atoms with E-state index in [4.69, 9.17) is 4.74 Å². The fourth-order valence-electron chi connectivity index (χ4n) is 3.38. The molecule has 0 aliphatic heterocycles. The molecule has 8 heteroatoms. The van der Waals surface area contributed by atoms with Crippen LogP contribution in [0.2, 0.25) is 0 Å². The summed E-state index contributed by atoms with van der Waals surface area (Å²) in [7, 11) is 2.97. The van der Waals surface area contributed by atoms with E-state index in [9.17, 15) is 14.7 Å². The molecular formula is C22H22N4O4. The number of benzene rings is 2. The number of nitrogens with zero attached hydrogens (tertiary/aromatic N) is 4. The first-order valence-corrected chi connectivity index (χ1v) is 9.53. The van der Waals surface area contributed by atoms with Gasteiger partial charge in [-0.1, -0.05) is 42.5 Å². The van der Waals surface area contributed by atoms with Gasteiger partial charge in [0.2, 0.25) is 0 Å². The van der Waals surface area contributed by atoms with Gasteiger partial charge in [0, 0.05) is 14.1 Å². The first kappa shape index (κ1) is 19.7. The molecule has 4 rings (SSSR count). The minimum Gasteiger partial charge on any atom is -0.491 e. The number of hydrogen-bond donors (Lipinski definition) is 1. The average molecular weight is 406 g/mol. The van der Waals surface area contributed by atoms with Gasteiger partial charge in [-0.3, -0.25) is 13.9 Å². The predicted molar refractivity (Wildman–Crippen MR) is 114 cm³/mol. The number of fused-ring (bicyclic) bond motifs is 1. The molecule has 0 spiro atoms. The van der Waals surface area contributed by atoms with Gasteiger partial charge in [0.1, 0.15) is 18.5 Å². The molecule has 0 fully saturated rings. The molecule has 154 valence electrons. The summed E-state index contributed by atoms with van der Waals surface area (Å²) in [4.78, 5) is 28.6. The Morgan fingerprint density at radius 3 is 2.33 bits per heavy atom. The zero-order valence-electron chi connectivity index (χ0n) is 16.7. The third kappa shape index (κ3) is 3.65. The predicted octanol–water partition coefficient (Wildman–Crippen LogP) is 1.54. The van der Waals surface area contributed by atoms with Crippen LogP contribution in [-0.2, 0) is 20.6 Å². The molecular weight excluding hydrogens is 384 g/mol. The summed E-state index contributed by atoms with van der Waals surface area (Å²) in [5, 5.41) is 10.4. The van der Waals surface area contributed by atoms with Crippen molar-refractivity contribution in [1.82, 2.24) is 18.7 Å². The third-order valence-electron chi connectivity index (χ3n) is 5.03. The molecule has 0 saturated heterocycles. The Kier molecular flexibility index (Phi) is 5.24. The minimum atomic E-state index is -0.863. The maximum absolute atomic E-state index is 12.5. The van der Waals surface area contributed by atoms with Crippen LogP contribution in [0.3, 0.4) is 0 Å². The van der Waals surface area contributed by atoms with Crippen LogP contribution in [0.1, 0.15) is 0 Å². The summed E-state index contributed by atoms with van der Waals surface area (Å²) in [6, 6.07) is 17.7. The van der Waals surface area contributed by atoms with Crippen molar-refractivity contribution < 1.29 is 9.84 Å². The molecule has 30 heavy (non-hydrogen) atoms. The van der Waals surface area contributed by atoms with E-state index in [-0.39, 0.29) is 24.3 Å². The highest BCUT2D eigenvalue weighted by Gasteiger charge is 2.16. The molecule has 0 bridgehead atoms. The Hall–Kier alpha value is -3.65. The van der Waals surface area contributed by atoms with E-state index < -0.39 is 17.4 Å². The molecule has 8 nitrogen and oxygen atoms in total. The van der Waals surface area contributed by atoms with E-state index in [0.717, 1.165) is 15.7 Å². The van der Waals surface area contributed by atoms with Crippen molar-refractivity contribution in [2.75, 3.05) is 6.61 Å². The molecule has 2 aromatic carbocycles. The summed E-state index contributed by atoms with van der Waals surface area (Å²) in [6.07, 6.45) is 0.585. The molecule has 0 aliphatic rings. The van der Waals surface area contributed by atoms with Gasteiger partial charge in [-0.2, -0.15) is 0 Å². The van der Waals surface area contributed by atoms with Crippen LogP contribution in [0.4, 0.5) is 0 Å². The summed E-state index contributed by atoms with van der Waals surface area (Å²) in [5.74, 6) is 0.641. The van der Waals surface area contributed by atoms with Crippen molar-refractivity contribution in [2.24, 2.45) is 14.1 Å². The lowest BCUT2D eigenvalue weighted by Gasteiger charge is -2.14. The monoisotopic (exact) mass is 406 g/mol. The molecule has 1 atom stereocenters. The number of imidazole rings is 1. The molecule has 0 radical (unpaired) electrons. The Labute approximate surface area is 172 Å². The van der Waals surface area contributed by atoms with Crippen molar-refractivity contribution >= 4 is 11.2 Å². The van der Waals surface area contributed by atoms with Gasteiger partial charge in [-0.25, -0.2) is 9.78 Å². The van der Waals surface area contributed by atoms with Crippen LogP contribution in [-0.4, -0.2) is 36.5 Å². The van der Waals surface area contributed by atoms with Gasteiger partial charge in [-0.15, -0.1) is 0 Å². The SMILES string of the molecule is Cn1c(=O)c2c(ncn2C[C@@H](O)COc2ccc(-c3ccccc3)cc2)n(C)c1=O. The van der Waals surface area contributed by atoms with Gasteiger partial charge < -0.3 is 14.4 Å². The highest BCUT2D eigenvalue weighted by molar-refractivity contribution is 5.70. The van der Waals surface area contributed by atoms with E-state index in [1.807, 2.05) is 54.6 Å². The number of rotatable bonds is 6. The van der Waals surface area contributed by atoms with Crippen molar-refractivity contribution in [3.05, 3.63) is 81.8 Å². The van der Waals surface area contributed by atoms with Crippen molar-refractivity contribution in [3.8, 4) is 16.9 Å². The third-order valence-corrected chi connectivity index (χ3v) is 5.03.